The number of piperazine rings is 1. The SMILES string of the molecule is Cc1cc(N2CC(C)(C)c3c2ncnc3N2C[C@@H](C)N(C(=O)[C@@]3(C)CCS3(=O)=O)C[C@@H]2C)cnc1C#N. The lowest BCUT2D eigenvalue weighted by Crippen LogP contribution is -2.66. The fraction of sp³-hybridized carbons (Fsp3) is 0.577. The van der Waals surface area contributed by atoms with Gasteiger partial charge >= 0.3 is 0 Å². The Morgan fingerprint density at radius 2 is 1.81 bits per heavy atom. The van der Waals surface area contributed by atoms with E-state index in [2.05, 4.69) is 39.7 Å². The van der Waals surface area contributed by atoms with Crippen molar-refractivity contribution in [1.29, 1.82) is 5.26 Å². The van der Waals surface area contributed by atoms with Gasteiger partial charge in [0.15, 0.2) is 9.84 Å². The minimum absolute atomic E-state index is 0.0609. The van der Waals surface area contributed by atoms with Crippen LogP contribution in [0.1, 0.15) is 57.9 Å². The molecular weight excluding hydrogens is 490 g/mol. The molecule has 0 unspecified atom stereocenters. The molecule has 0 aliphatic carbocycles. The van der Waals surface area contributed by atoms with E-state index in [0.717, 1.165) is 28.5 Å². The highest BCUT2D eigenvalue weighted by atomic mass is 32.2. The monoisotopic (exact) mass is 523 g/mol. The number of nitriles is 1. The van der Waals surface area contributed by atoms with Crippen LogP contribution in [0.5, 0.6) is 0 Å². The average Bonchev–Trinajstić information content (AvgIpc) is 3.14. The van der Waals surface area contributed by atoms with Gasteiger partial charge in [0.1, 0.15) is 34.5 Å². The van der Waals surface area contributed by atoms with Crippen LogP contribution in [0.15, 0.2) is 18.6 Å². The van der Waals surface area contributed by atoms with Gasteiger partial charge in [-0.15, -0.1) is 0 Å². The number of rotatable bonds is 3. The standard InChI is InChI=1S/C26H33N7O3S/c1-16-9-19(11-28-20(16)10-27)33-14-25(4,5)21-22(29-15-30-23(21)33)31-12-18(3)32(13-17(31)2)24(34)26(6)7-8-37(26,35)36/h9,11,15,17-18H,7-8,12-14H2,1-6H3/t17-,18+,26+/m0/s1. The van der Waals surface area contributed by atoms with Crippen molar-refractivity contribution in [1.82, 2.24) is 19.9 Å². The first-order chi connectivity index (χ1) is 17.3. The van der Waals surface area contributed by atoms with Gasteiger partial charge in [0.05, 0.1) is 17.6 Å². The number of hydrogen-bond acceptors (Lipinski definition) is 9. The second kappa shape index (κ2) is 8.38. The van der Waals surface area contributed by atoms with Crippen LogP contribution in [-0.2, 0) is 20.0 Å². The molecule has 0 spiro atoms. The molecule has 2 saturated heterocycles. The van der Waals surface area contributed by atoms with Crippen molar-refractivity contribution >= 4 is 33.1 Å². The maximum Gasteiger partial charge on any atom is 0.244 e. The highest BCUT2D eigenvalue weighted by Crippen LogP contribution is 2.47. The first kappa shape index (κ1) is 25.4. The molecule has 0 radical (unpaired) electrons. The summed E-state index contributed by atoms with van der Waals surface area (Å²) in [4.78, 5) is 33.1. The second-order valence-electron chi connectivity index (χ2n) is 11.4. The Bertz CT molecular complexity index is 1430. The summed E-state index contributed by atoms with van der Waals surface area (Å²) in [7, 11) is -3.39. The minimum atomic E-state index is -3.39. The van der Waals surface area contributed by atoms with Gasteiger partial charge < -0.3 is 14.7 Å². The van der Waals surface area contributed by atoms with Crippen LogP contribution in [0.25, 0.3) is 0 Å². The zero-order valence-corrected chi connectivity index (χ0v) is 23.0. The molecule has 3 aliphatic rings. The fourth-order valence-corrected chi connectivity index (χ4v) is 7.34. The molecule has 5 heterocycles. The molecule has 0 bridgehead atoms. The Balaban J connectivity index is 1.47. The number of carbonyl (C=O) groups is 1. The van der Waals surface area contributed by atoms with E-state index < -0.39 is 14.6 Å². The molecule has 3 atom stereocenters. The number of hydrogen-bond donors (Lipinski definition) is 0. The van der Waals surface area contributed by atoms with Crippen LogP contribution >= 0.6 is 0 Å². The van der Waals surface area contributed by atoms with Crippen LogP contribution in [0, 0.1) is 18.3 Å². The van der Waals surface area contributed by atoms with Gasteiger partial charge in [-0.2, -0.15) is 5.26 Å². The number of sulfone groups is 1. The van der Waals surface area contributed by atoms with Crippen LogP contribution < -0.4 is 9.80 Å². The Morgan fingerprint density at radius 1 is 1.11 bits per heavy atom. The first-order valence-electron chi connectivity index (χ1n) is 12.6. The summed E-state index contributed by atoms with van der Waals surface area (Å²) >= 11 is 0. The third-order valence-corrected chi connectivity index (χ3v) is 10.8. The zero-order valence-electron chi connectivity index (χ0n) is 22.2. The fourth-order valence-electron chi connectivity index (χ4n) is 5.81. The van der Waals surface area contributed by atoms with Crippen LogP contribution in [0.4, 0.5) is 17.3 Å². The van der Waals surface area contributed by atoms with Crippen molar-refractivity contribution in [3.63, 3.8) is 0 Å². The molecule has 5 rings (SSSR count). The lowest BCUT2D eigenvalue weighted by atomic mass is 9.87. The predicted octanol–water partition coefficient (Wildman–Crippen LogP) is 2.48. The van der Waals surface area contributed by atoms with Gasteiger partial charge in [-0.3, -0.25) is 4.79 Å². The minimum Gasteiger partial charge on any atom is -0.350 e. The number of fused-ring (bicyclic) bond motifs is 1. The summed E-state index contributed by atoms with van der Waals surface area (Å²) in [5.74, 6) is 1.43. The van der Waals surface area contributed by atoms with E-state index in [9.17, 15) is 18.5 Å². The molecule has 3 aliphatic heterocycles. The average molecular weight is 524 g/mol. The molecular formula is C26H33N7O3S. The molecule has 2 aromatic rings. The van der Waals surface area contributed by atoms with Crippen molar-refractivity contribution in [3.8, 4) is 6.07 Å². The number of aromatic nitrogens is 3. The summed E-state index contributed by atoms with van der Waals surface area (Å²) in [6.45, 7) is 13.4. The third-order valence-electron chi connectivity index (χ3n) is 8.28. The van der Waals surface area contributed by atoms with E-state index in [1.54, 1.807) is 24.3 Å². The number of anilines is 3. The Morgan fingerprint density at radius 3 is 2.41 bits per heavy atom. The zero-order chi connectivity index (χ0) is 26.9. The van der Waals surface area contributed by atoms with Gasteiger partial charge in [0.25, 0.3) is 0 Å². The van der Waals surface area contributed by atoms with Gasteiger partial charge in [0, 0.05) is 42.7 Å². The van der Waals surface area contributed by atoms with Crippen LogP contribution in [0.3, 0.4) is 0 Å². The first-order valence-corrected chi connectivity index (χ1v) is 14.3. The highest BCUT2D eigenvalue weighted by Gasteiger charge is 2.57. The van der Waals surface area contributed by atoms with Crippen molar-refractivity contribution in [3.05, 3.63) is 35.4 Å². The molecule has 196 valence electrons. The number of pyridine rings is 1. The van der Waals surface area contributed by atoms with Crippen LogP contribution in [0.2, 0.25) is 0 Å². The lowest BCUT2D eigenvalue weighted by molar-refractivity contribution is -0.137. The normalized spacial score (nSPS) is 27.9. The second-order valence-corrected chi connectivity index (χ2v) is 14.0. The summed E-state index contributed by atoms with van der Waals surface area (Å²) in [5, 5.41) is 9.28. The summed E-state index contributed by atoms with van der Waals surface area (Å²) in [6, 6.07) is 3.85. The van der Waals surface area contributed by atoms with E-state index in [1.165, 1.54) is 0 Å². The van der Waals surface area contributed by atoms with Gasteiger partial charge in [-0.05, 0) is 45.7 Å². The third kappa shape index (κ3) is 3.76. The number of nitrogens with zero attached hydrogens (tertiary/aromatic N) is 7. The Hall–Kier alpha value is -3.26. The summed E-state index contributed by atoms with van der Waals surface area (Å²) in [6.07, 6.45) is 3.66. The maximum absolute atomic E-state index is 13.4. The largest absolute Gasteiger partial charge is 0.350 e. The molecule has 1 amide bonds. The quantitative estimate of drug-likeness (QED) is 0.597. The molecule has 37 heavy (non-hydrogen) atoms. The molecule has 10 nitrogen and oxygen atoms in total. The summed E-state index contributed by atoms with van der Waals surface area (Å²) in [5.41, 5.74) is 2.86. The molecule has 2 aromatic heterocycles. The van der Waals surface area contributed by atoms with E-state index in [4.69, 9.17) is 4.98 Å². The topological polar surface area (TPSA) is 123 Å². The number of amides is 1. The molecule has 2 fully saturated rings. The van der Waals surface area contributed by atoms with Crippen molar-refractivity contribution in [2.45, 2.75) is 70.2 Å². The van der Waals surface area contributed by atoms with Crippen LogP contribution in [-0.4, -0.2) is 76.4 Å². The van der Waals surface area contributed by atoms with E-state index in [1.807, 2.05) is 26.8 Å². The van der Waals surface area contributed by atoms with Crippen molar-refractivity contribution in [2.24, 2.45) is 0 Å². The maximum atomic E-state index is 13.4. The molecule has 11 heteroatoms. The lowest BCUT2D eigenvalue weighted by Gasteiger charge is -2.49. The number of carbonyl (C=O) groups excluding carboxylic acids is 1. The molecule has 0 aromatic carbocycles. The molecule has 0 saturated carbocycles. The highest BCUT2D eigenvalue weighted by molar-refractivity contribution is 7.95. The van der Waals surface area contributed by atoms with E-state index >= 15 is 0 Å². The smallest absolute Gasteiger partial charge is 0.244 e. The van der Waals surface area contributed by atoms with Crippen molar-refractivity contribution in [2.75, 3.05) is 35.2 Å². The van der Waals surface area contributed by atoms with E-state index in [-0.39, 0.29) is 29.2 Å². The summed E-state index contributed by atoms with van der Waals surface area (Å²) < 4.78 is 23.5. The Labute approximate surface area is 218 Å². The predicted molar refractivity (Wildman–Crippen MR) is 141 cm³/mol. The van der Waals surface area contributed by atoms with Gasteiger partial charge in [-0.25, -0.2) is 23.4 Å². The molecule has 0 N–H and O–H groups in total. The van der Waals surface area contributed by atoms with E-state index in [0.29, 0.717) is 31.7 Å². The Kier molecular flexibility index (Phi) is 5.75. The number of aryl methyl sites for hydroxylation is 1. The van der Waals surface area contributed by atoms with Crippen molar-refractivity contribution < 1.29 is 13.2 Å². The van der Waals surface area contributed by atoms with Gasteiger partial charge in [0.2, 0.25) is 5.91 Å². The van der Waals surface area contributed by atoms with Gasteiger partial charge in [-0.1, -0.05) is 13.8 Å².